The van der Waals surface area contributed by atoms with Crippen molar-refractivity contribution in [3.63, 3.8) is 0 Å². The first-order chi connectivity index (χ1) is 9.08. The minimum absolute atomic E-state index is 0.206. The quantitative estimate of drug-likeness (QED) is 0.878. The Balaban J connectivity index is 2.21. The molecule has 1 fully saturated rings. The first kappa shape index (κ1) is 13.8. The van der Waals surface area contributed by atoms with Crippen LogP contribution in [-0.2, 0) is 9.59 Å². The van der Waals surface area contributed by atoms with E-state index in [1.807, 2.05) is 0 Å². The summed E-state index contributed by atoms with van der Waals surface area (Å²) in [6, 6.07) is 6.29. The highest BCUT2D eigenvalue weighted by Crippen LogP contribution is 2.20. The molecule has 5 nitrogen and oxygen atoms in total. The van der Waals surface area contributed by atoms with Crippen molar-refractivity contribution in [2.75, 3.05) is 18.0 Å². The standard InChI is InChI=1S/C13H15ClN2O3/c14-9-3-5-10(6-4-9)16(8-12(17)18)13(19)11-2-1-7-15-11/h3-6,11,15H,1-2,7-8H2,(H,17,18)/t11-/m0/s1. The van der Waals surface area contributed by atoms with Crippen molar-refractivity contribution in [3.05, 3.63) is 29.3 Å². The summed E-state index contributed by atoms with van der Waals surface area (Å²) in [4.78, 5) is 24.5. The summed E-state index contributed by atoms with van der Waals surface area (Å²) < 4.78 is 0. The summed E-state index contributed by atoms with van der Waals surface area (Å²) in [6.07, 6.45) is 1.67. The van der Waals surface area contributed by atoms with Crippen LogP contribution in [0.5, 0.6) is 0 Å². The molecular weight excluding hydrogens is 268 g/mol. The van der Waals surface area contributed by atoms with Crippen LogP contribution in [0.4, 0.5) is 5.69 Å². The van der Waals surface area contributed by atoms with Gasteiger partial charge in [-0.15, -0.1) is 0 Å². The highest BCUT2D eigenvalue weighted by Gasteiger charge is 2.28. The summed E-state index contributed by atoms with van der Waals surface area (Å²) >= 11 is 5.80. The Kier molecular flexibility index (Phi) is 4.39. The van der Waals surface area contributed by atoms with Crippen molar-refractivity contribution >= 4 is 29.2 Å². The highest BCUT2D eigenvalue weighted by atomic mass is 35.5. The molecule has 1 aliphatic heterocycles. The minimum Gasteiger partial charge on any atom is -0.480 e. The highest BCUT2D eigenvalue weighted by molar-refractivity contribution is 6.30. The molecule has 2 N–H and O–H groups in total. The van der Waals surface area contributed by atoms with E-state index < -0.39 is 5.97 Å². The number of carboxylic acids is 1. The maximum Gasteiger partial charge on any atom is 0.323 e. The second-order valence-electron chi connectivity index (χ2n) is 4.44. The normalized spacial score (nSPS) is 18.3. The molecule has 1 saturated heterocycles. The monoisotopic (exact) mass is 282 g/mol. The van der Waals surface area contributed by atoms with Gasteiger partial charge >= 0.3 is 5.97 Å². The Labute approximate surface area is 116 Å². The zero-order valence-corrected chi connectivity index (χ0v) is 11.1. The lowest BCUT2D eigenvalue weighted by Gasteiger charge is -2.24. The third-order valence-corrected chi connectivity index (χ3v) is 3.31. The van der Waals surface area contributed by atoms with E-state index in [1.54, 1.807) is 24.3 Å². The Hall–Kier alpha value is -1.59. The largest absolute Gasteiger partial charge is 0.480 e. The van der Waals surface area contributed by atoms with Crippen LogP contribution in [0.2, 0.25) is 5.02 Å². The summed E-state index contributed by atoms with van der Waals surface area (Å²) in [6.45, 7) is 0.441. The van der Waals surface area contributed by atoms with Gasteiger partial charge in [0.25, 0.3) is 0 Å². The zero-order valence-electron chi connectivity index (χ0n) is 10.3. The van der Waals surface area contributed by atoms with E-state index in [-0.39, 0.29) is 18.5 Å². The maximum absolute atomic E-state index is 12.3. The predicted molar refractivity (Wildman–Crippen MR) is 72.5 cm³/mol. The molecule has 1 atom stereocenters. The number of hydrogen-bond donors (Lipinski definition) is 2. The van der Waals surface area contributed by atoms with E-state index in [1.165, 1.54) is 4.90 Å². The molecule has 19 heavy (non-hydrogen) atoms. The van der Waals surface area contributed by atoms with Gasteiger partial charge in [0.05, 0.1) is 6.04 Å². The third kappa shape index (κ3) is 3.45. The fourth-order valence-corrected chi connectivity index (χ4v) is 2.26. The van der Waals surface area contributed by atoms with Crippen molar-refractivity contribution < 1.29 is 14.7 Å². The molecule has 2 rings (SSSR count). The molecule has 0 aromatic heterocycles. The van der Waals surface area contributed by atoms with Gasteiger partial charge in [-0.3, -0.25) is 14.5 Å². The van der Waals surface area contributed by atoms with Crippen LogP contribution in [0.3, 0.4) is 0 Å². The van der Waals surface area contributed by atoms with Crippen molar-refractivity contribution in [2.24, 2.45) is 0 Å². The Morgan fingerprint density at radius 1 is 1.37 bits per heavy atom. The van der Waals surface area contributed by atoms with E-state index >= 15 is 0 Å². The van der Waals surface area contributed by atoms with Crippen LogP contribution < -0.4 is 10.2 Å². The molecule has 0 unspecified atom stereocenters. The van der Waals surface area contributed by atoms with Crippen LogP contribution in [-0.4, -0.2) is 36.1 Å². The van der Waals surface area contributed by atoms with Crippen LogP contribution in [0, 0.1) is 0 Å². The number of carboxylic acid groups (broad SMARTS) is 1. The lowest BCUT2D eigenvalue weighted by molar-refractivity contribution is -0.136. The number of nitrogens with zero attached hydrogens (tertiary/aromatic N) is 1. The van der Waals surface area contributed by atoms with Crippen LogP contribution in [0.1, 0.15) is 12.8 Å². The molecule has 102 valence electrons. The molecule has 1 heterocycles. The van der Waals surface area contributed by atoms with E-state index in [0.29, 0.717) is 10.7 Å². The van der Waals surface area contributed by atoms with E-state index in [0.717, 1.165) is 19.4 Å². The maximum atomic E-state index is 12.3. The lowest BCUT2D eigenvalue weighted by Crippen LogP contribution is -2.46. The number of benzene rings is 1. The molecule has 0 aliphatic carbocycles. The molecular formula is C13H15ClN2O3. The van der Waals surface area contributed by atoms with Crippen LogP contribution in [0.15, 0.2) is 24.3 Å². The summed E-state index contributed by atoms with van der Waals surface area (Å²) in [5, 5.41) is 12.6. The van der Waals surface area contributed by atoms with Gasteiger partial charge < -0.3 is 10.4 Å². The van der Waals surface area contributed by atoms with Crippen LogP contribution in [0.25, 0.3) is 0 Å². The topological polar surface area (TPSA) is 69.6 Å². The summed E-state index contributed by atoms with van der Waals surface area (Å²) in [5.41, 5.74) is 0.547. The van der Waals surface area contributed by atoms with Crippen molar-refractivity contribution in [1.29, 1.82) is 0 Å². The number of hydrogen-bond acceptors (Lipinski definition) is 3. The number of halogens is 1. The van der Waals surface area contributed by atoms with E-state index in [9.17, 15) is 9.59 Å². The number of amides is 1. The lowest BCUT2D eigenvalue weighted by atomic mass is 10.2. The number of carbonyl (C=O) groups is 2. The van der Waals surface area contributed by atoms with Crippen molar-refractivity contribution in [3.8, 4) is 0 Å². The number of rotatable bonds is 4. The number of anilines is 1. The Morgan fingerprint density at radius 3 is 2.58 bits per heavy atom. The van der Waals surface area contributed by atoms with Gasteiger partial charge in [0.2, 0.25) is 5.91 Å². The average molecular weight is 283 g/mol. The summed E-state index contributed by atoms with van der Waals surface area (Å²) in [7, 11) is 0. The molecule has 1 aliphatic rings. The third-order valence-electron chi connectivity index (χ3n) is 3.06. The fourth-order valence-electron chi connectivity index (χ4n) is 2.14. The fraction of sp³-hybridized carbons (Fsp3) is 0.385. The SMILES string of the molecule is O=C(O)CN(C(=O)[C@@H]1CCCN1)c1ccc(Cl)cc1. The minimum atomic E-state index is -1.04. The first-order valence-corrected chi connectivity index (χ1v) is 6.48. The van der Waals surface area contributed by atoms with Crippen LogP contribution >= 0.6 is 11.6 Å². The Morgan fingerprint density at radius 2 is 2.05 bits per heavy atom. The average Bonchev–Trinajstić information content (AvgIpc) is 2.90. The molecule has 6 heteroatoms. The van der Waals surface area contributed by atoms with Gasteiger partial charge in [-0.2, -0.15) is 0 Å². The molecule has 0 saturated carbocycles. The predicted octanol–water partition coefficient (Wildman–Crippen LogP) is 1.51. The van der Waals surface area contributed by atoms with Crippen molar-refractivity contribution in [2.45, 2.75) is 18.9 Å². The van der Waals surface area contributed by atoms with Gasteiger partial charge in [-0.05, 0) is 43.7 Å². The van der Waals surface area contributed by atoms with E-state index in [2.05, 4.69) is 5.32 Å². The molecule has 1 aromatic rings. The first-order valence-electron chi connectivity index (χ1n) is 6.10. The number of carbonyl (C=O) groups excluding carboxylic acids is 1. The van der Waals surface area contributed by atoms with Gasteiger partial charge in [-0.25, -0.2) is 0 Å². The number of aliphatic carboxylic acids is 1. The van der Waals surface area contributed by atoms with Gasteiger partial charge in [0.15, 0.2) is 0 Å². The summed E-state index contributed by atoms with van der Waals surface area (Å²) in [5.74, 6) is -1.25. The number of nitrogens with one attached hydrogen (secondary N) is 1. The van der Waals surface area contributed by atoms with Gasteiger partial charge in [0, 0.05) is 10.7 Å². The van der Waals surface area contributed by atoms with E-state index in [4.69, 9.17) is 16.7 Å². The second-order valence-corrected chi connectivity index (χ2v) is 4.88. The zero-order chi connectivity index (χ0) is 13.8. The molecule has 1 aromatic carbocycles. The van der Waals surface area contributed by atoms with Gasteiger partial charge in [-0.1, -0.05) is 11.6 Å². The Bertz CT molecular complexity index is 469. The molecule has 0 spiro atoms. The molecule has 1 amide bonds. The molecule has 0 radical (unpaired) electrons. The molecule has 0 bridgehead atoms. The van der Waals surface area contributed by atoms with Crippen molar-refractivity contribution in [1.82, 2.24) is 5.32 Å². The van der Waals surface area contributed by atoms with Gasteiger partial charge in [0.1, 0.15) is 6.54 Å². The smallest absolute Gasteiger partial charge is 0.323 e. The second kappa shape index (κ2) is 6.04.